The number of nitrogens with zero attached hydrogens (tertiary/aromatic N) is 1. The monoisotopic (exact) mass is 470 g/mol. The fourth-order valence-corrected chi connectivity index (χ4v) is 4.84. The molecular weight excluding hydrogens is 439 g/mol. The first kappa shape index (κ1) is 25.0. The molecule has 1 N–H and O–H groups in total. The number of sulfonamides is 1. The molecule has 2 rings (SSSR count). The highest BCUT2D eigenvalue weighted by Crippen LogP contribution is 2.25. The number of rotatable bonds is 14. The predicted octanol–water partition coefficient (Wildman–Crippen LogP) is 7.65. The molecule has 30 heavy (non-hydrogen) atoms. The lowest BCUT2D eigenvalue weighted by Gasteiger charge is -2.09. The van der Waals surface area contributed by atoms with Crippen LogP contribution >= 0.6 is 23.2 Å². The lowest BCUT2D eigenvalue weighted by molar-refractivity contribution is 0.556. The summed E-state index contributed by atoms with van der Waals surface area (Å²) in [7, 11) is -3.75. The van der Waals surface area contributed by atoms with Crippen LogP contribution in [0.2, 0.25) is 10.0 Å². The van der Waals surface area contributed by atoms with E-state index in [1.807, 2.05) is 12.1 Å². The fraction of sp³-hybridized carbons (Fsp3) is 0.522. The van der Waals surface area contributed by atoms with Gasteiger partial charge >= 0.3 is 0 Å². The Balaban J connectivity index is 1.72. The van der Waals surface area contributed by atoms with Crippen molar-refractivity contribution in [1.82, 2.24) is 4.98 Å². The number of benzene rings is 1. The van der Waals surface area contributed by atoms with Gasteiger partial charge in [-0.1, -0.05) is 100 Å². The van der Waals surface area contributed by atoms with E-state index in [0.29, 0.717) is 5.02 Å². The van der Waals surface area contributed by atoms with E-state index in [0.717, 1.165) is 18.4 Å². The number of aryl methyl sites for hydroxylation is 1. The largest absolute Gasteiger partial charge is 0.263 e. The Kier molecular flexibility index (Phi) is 11.0. The summed E-state index contributed by atoms with van der Waals surface area (Å²) in [4.78, 5) is 4.12. The van der Waals surface area contributed by atoms with Gasteiger partial charge in [0, 0.05) is 6.20 Å². The van der Waals surface area contributed by atoms with Crippen LogP contribution in [0.5, 0.6) is 0 Å². The minimum atomic E-state index is -3.75. The van der Waals surface area contributed by atoms with E-state index >= 15 is 0 Å². The van der Waals surface area contributed by atoms with Gasteiger partial charge in [0.05, 0.1) is 14.9 Å². The molecule has 0 fully saturated rings. The van der Waals surface area contributed by atoms with Crippen LogP contribution in [0.3, 0.4) is 0 Å². The van der Waals surface area contributed by atoms with Crippen molar-refractivity contribution in [2.75, 3.05) is 4.72 Å². The number of hydrogen-bond acceptors (Lipinski definition) is 3. The maximum atomic E-state index is 12.6. The summed E-state index contributed by atoms with van der Waals surface area (Å²) >= 11 is 11.8. The second-order valence-electron chi connectivity index (χ2n) is 7.67. The minimum Gasteiger partial charge on any atom is -0.262 e. The van der Waals surface area contributed by atoms with Gasteiger partial charge in [-0.25, -0.2) is 13.4 Å². The molecule has 0 radical (unpaired) electrons. The second-order valence-corrected chi connectivity index (χ2v) is 10.2. The SMILES string of the molecule is CCCCCCCCCCCCc1ccc(S(=O)(=O)Nc2ncc(Cl)cc2Cl)cc1. The van der Waals surface area contributed by atoms with Crippen molar-refractivity contribution in [3.05, 3.63) is 52.1 Å². The molecule has 2 aromatic rings. The molecular formula is C23H32Cl2N2O2S. The number of nitrogens with one attached hydrogen (secondary N) is 1. The van der Waals surface area contributed by atoms with Gasteiger partial charge in [0.25, 0.3) is 10.0 Å². The summed E-state index contributed by atoms with van der Waals surface area (Å²) in [5.41, 5.74) is 1.15. The summed E-state index contributed by atoms with van der Waals surface area (Å²) in [5, 5.41) is 0.503. The van der Waals surface area contributed by atoms with Gasteiger partial charge in [0.2, 0.25) is 0 Å². The summed E-state index contributed by atoms with van der Waals surface area (Å²) in [6.07, 6.45) is 15.4. The quantitative estimate of drug-likeness (QED) is 0.288. The Morgan fingerprint density at radius 1 is 0.867 bits per heavy atom. The molecule has 0 atom stereocenters. The zero-order valence-electron chi connectivity index (χ0n) is 17.7. The molecule has 166 valence electrons. The summed E-state index contributed by atoms with van der Waals surface area (Å²) in [6, 6.07) is 8.44. The number of halogens is 2. The van der Waals surface area contributed by atoms with Gasteiger partial charge in [0.1, 0.15) is 0 Å². The molecule has 0 aliphatic carbocycles. The average Bonchev–Trinajstić information content (AvgIpc) is 2.72. The van der Waals surface area contributed by atoms with Crippen molar-refractivity contribution in [2.24, 2.45) is 0 Å². The zero-order chi connectivity index (χ0) is 21.8. The van der Waals surface area contributed by atoms with Crippen LogP contribution in [-0.2, 0) is 16.4 Å². The Hall–Kier alpha value is -1.30. The van der Waals surface area contributed by atoms with E-state index < -0.39 is 10.0 Å². The van der Waals surface area contributed by atoms with Crippen LogP contribution in [0.15, 0.2) is 41.4 Å². The molecule has 1 aromatic carbocycles. The standard InChI is InChI=1S/C23H32Cl2N2O2S/c1-2-3-4-5-6-7-8-9-10-11-12-19-13-15-21(16-14-19)30(28,29)27-23-22(25)17-20(24)18-26-23/h13-18H,2-12H2,1H3,(H,26,27). The number of unbranched alkanes of at least 4 members (excludes halogenated alkanes) is 9. The van der Waals surface area contributed by atoms with E-state index in [1.54, 1.807) is 12.1 Å². The van der Waals surface area contributed by atoms with Gasteiger partial charge in [-0.2, -0.15) is 0 Å². The van der Waals surface area contributed by atoms with E-state index in [9.17, 15) is 8.42 Å². The minimum absolute atomic E-state index is 0.0653. The van der Waals surface area contributed by atoms with Crippen LogP contribution < -0.4 is 4.72 Å². The molecule has 0 unspecified atom stereocenters. The molecule has 0 spiro atoms. The number of anilines is 1. The lowest BCUT2D eigenvalue weighted by atomic mass is 10.0. The summed E-state index contributed by atoms with van der Waals surface area (Å²) in [5.74, 6) is 0.0653. The molecule has 1 heterocycles. The van der Waals surface area contributed by atoms with E-state index in [1.165, 1.54) is 70.1 Å². The Labute approximate surface area is 191 Å². The third-order valence-electron chi connectivity index (χ3n) is 5.09. The predicted molar refractivity (Wildman–Crippen MR) is 127 cm³/mol. The number of pyridine rings is 1. The molecule has 0 bridgehead atoms. The normalized spacial score (nSPS) is 11.6. The Bertz CT molecular complexity index is 871. The van der Waals surface area contributed by atoms with Crippen LogP contribution in [0.4, 0.5) is 5.82 Å². The molecule has 0 aliphatic heterocycles. The van der Waals surface area contributed by atoms with Gasteiger partial charge in [-0.3, -0.25) is 4.72 Å². The van der Waals surface area contributed by atoms with Gasteiger partial charge in [-0.05, 0) is 36.6 Å². The second kappa shape index (κ2) is 13.2. The van der Waals surface area contributed by atoms with Crippen molar-refractivity contribution in [3.63, 3.8) is 0 Å². The first-order chi connectivity index (χ1) is 14.4. The third-order valence-corrected chi connectivity index (χ3v) is 6.94. The van der Waals surface area contributed by atoms with Gasteiger partial charge in [-0.15, -0.1) is 0 Å². The third kappa shape index (κ3) is 8.83. The van der Waals surface area contributed by atoms with Gasteiger partial charge in [0.15, 0.2) is 5.82 Å². The molecule has 0 amide bonds. The number of aromatic nitrogens is 1. The first-order valence-corrected chi connectivity index (χ1v) is 13.1. The van der Waals surface area contributed by atoms with E-state index in [2.05, 4.69) is 16.6 Å². The van der Waals surface area contributed by atoms with Crippen LogP contribution in [0, 0.1) is 0 Å². The molecule has 0 saturated heterocycles. The van der Waals surface area contributed by atoms with Crippen molar-refractivity contribution in [3.8, 4) is 0 Å². The van der Waals surface area contributed by atoms with Crippen LogP contribution in [0.25, 0.3) is 0 Å². The van der Waals surface area contributed by atoms with Crippen LogP contribution in [-0.4, -0.2) is 13.4 Å². The van der Waals surface area contributed by atoms with E-state index in [-0.39, 0.29) is 15.7 Å². The highest BCUT2D eigenvalue weighted by atomic mass is 35.5. The summed E-state index contributed by atoms with van der Waals surface area (Å²) < 4.78 is 27.5. The van der Waals surface area contributed by atoms with Crippen LogP contribution in [0.1, 0.15) is 76.7 Å². The molecule has 1 aromatic heterocycles. The fourth-order valence-electron chi connectivity index (χ4n) is 3.33. The zero-order valence-corrected chi connectivity index (χ0v) is 20.0. The van der Waals surface area contributed by atoms with Crippen molar-refractivity contribution < 1.29 is 8.42 Å². The molecule has 4 nitrogen and oxygen atoms in total. The first-order valence-electron chi connectivity index (χ1n) is 10.8. The summed E-state index contributed by atoms with van der Waals surface area (Å²) in [6.45, 7) is 2.25. The highest BCUT2D eigenvalue weighted by molar-refractivity contribution is 7.92. The maximum Gasteiger partial charge on any atom is 0.263 e. The van der Waals surface area contributed by atoms with Crippen molar-refractivity contribution in [1.29, 1.82) is 0 Å². The molecule has 7 heteroatoms. The highest BCUT2D eigenvalue weighted by Gasteiger charge is 2.16. The van der Waals surface area contributed by atoms with Crippen molar-refractivity contribution >= 4 is 39.0 Å². The molecule has 0 aliphatic rings. The average molecular weight is 471 g/mol. The number of hydrogen-bond donors (Lipinski definition) is 1. The topological polar surface area (TPSA) is 59.1 Å². The lowest BCUT2D eigenvalue weighted by Crippen LogP contribution is -2.14. The smallest absolute Gasteiger partial charge is 0.262 e. The molecule has 0 saturated carbocycles. The maximum absolute atomic E-state index is 12.6. The van der Waals surface area contributed by atoms with Gasteiger partial charge < -0.3 is 0 Å². The Morgan fingerprint density at radius 2 is 1.43 bits per heavy atom. The van der Waals surface area contributed by atoms with E-state index in [4.69, 9.17) is 23.2 Å². The van der Waals surface area contributed by atoms with Crippen molar-refractivity contribution in [2.45, 2.75) is 82.4 Å². The Morgan fingerprint density at radius 3 is 2.00 bits per heavy atom.